The first-order chi connectivity index (χ1) is 7.31. The van der Waals surface area contributed by atoms with Gasteiger partial charge in [-0.3, -0.25) is 0 Å². The molecule has 0 amide bonds. The minimum Gasteiger partial charge on any atom is -0.785 e. The van der Waals surface area contributed by atoms with Gasteiger partial charge in [-0.2, -0.15) is 0 Å². The standard InChI is InChI=1S/C13H26NO/c1-3-5-6-7-8-9-10-11-13-14(15)12-4-2/h4H,2-3,5-13H2,1H3/q-1. The Morgan fingerprint density at radius 2 is 1.53 bits per heavy atom. The summed E-state index contributed by atoms with van der Waals surface area (Å²) in [4.78, 5) is 0. The largest absolute Gasteiger partial charge is 0.785 e. The molecule has 0 spiro atoms. The fourth-order valence-electron chi connectivity index (χ4n) is 1.66. The second-order valence-electron chi connectivity index (χ2n) is 4.15. The van der Waals surface area contributed by atoms with Crippen molar-refractivity contribution in [2.24, 2.45) is 0 Å². The highest BCUT2D eigenvalue weighted by Crippen LogP contribution is 2.08. The van der Waals surface area contributed by atoms with Gasteiger partial charge in [0.15, 0.2) is 0 Å². The first-order valence-electron chi connectivity index (χ1n) is 6.34. The molecular weight excluding hydrogens is 186 g/mol. The lowest BCUT2D eigenvalue weighted by Gasteiger charge is -2.26. The predicted molar refractivity (Wildman–Crippen MR) is 67.7 cm³/mol. The van der Waals surface area contributed by atoms with Crippen molar-refractivity contribution in [3.63, 3.8) is 0 Å². The summed E-state index contributed by atoms with van der Waals surface area (Å²) in [6.45, 7) is 6.92. The van der Waals surface area contributed by atoms with Gasteiger partial charge >= 0.3 is 0 Å². The molecule has 0 aromatic rings. The normalized spacial score (nSPS) is 10.9. The van der Waals surface area contributed by atoms with Crippen molar-refractivity contribution in [3.8, 4) is 0 Å². The summed E-state index contributed by atoms with van der Waals surface area (Å²) in [5.41, 5.74) is 0. The van der Waals surface area contributed by atoms with Crippen LogP contribution < -0.4 is 0 Å². The van der Waals surface area contributed by atoms with E-state index in [1.165, 1.54) is 44.9 Å². The molecule has 2 heteroatoms. The highest BCUT2D eigenvalue weighted by Gasteiger charge is 1.92. The Kier molecular flexibility index (Phi) is 11.5. The molecule has 0 heterocycles. The van der Waals surface area contributed by atoms with E-state index in [0.29, 0.717) is 13.1 Å². The van der Waals surface area contributed by atoms with Gasteiger partial charge in [0.25, 0.3) is 0 Å². The first-order valence-corrected chi connectivity index (χ1v) is 6.34. The zero-order valence-corrected chi connectivity index (χ0v) is 10.2. The third-order valence-electron chi connectivity index (χ3n) is 2.59. The van der Waals surface area contributed by atoms with E-state index in [4.69, 9.17) is 0 Å². The molecule has 0 fully saturated rings. The van der Waals surface area contributed by atoms with Gasteiger partial charge in [-0.25, -0.2) is 0 Å². The lowest BCUT2D eigenvalue weighted by molar-refractivity contribution is 0.397. The van der Waals surface area contributed by atoms with Crippen molar-refractivity contribution in [3.05, 3.63) is 17.9 Å². The summed E-state index contributed by atoms with van der Waals surface area (Å²) >= 11 is 0. The zero-order valence-electron chi connectivity index (χ0n) is 10.2. The Morgan fingerprint density at radius 3 is 2.07 bits per heavy atom. The van der Waals surface area contributed by atoms with Crippen LogP contribution in [0.15, 0.2) is 12.7 Å². The van der Waals surface area contributed by atoms with E-state index in [2.05, 4.69) is 13.5 Å². The monoisotopic (exact) mass is 212 g/mol. The van der Waals surface area contributed by atoms with Crippen LogP contribution in [0.4, 0.5) is 0 Å². The Balaban J connectivity index is 3.01. The molecular formula is C13H26NO-. The van der Waals surface area contributed by atoms with Gasteiger partial charge in [0.05, 0.1) is 0 Å². The van der Waals surface area contributed by atoms with E-state index in [1.54, 1.807) is 6.08 Å². The number of rotatable bonds is 11. The van der Waals surface area contributed by atoms with E-state index < -0.39 is 0 Å². The molecule has 0 saturated carbocycles. The van der Waals surface area contributed by atoms with Crippen molar-refractivity contribution < 1.29 is 0 Å². The molecule has 0 saturated heterocycles. The van der Waals surface area contributed by atoms with Gasteiger partial charge in [-0.1, -0.05) is 57.9 Å². The third kappa shape index (κ3) is 11.6. The van der Waals surface area contributed by atoms with E-state index >= 15 is 0 Å². The molecule has 0 aromatic carbocycles. The average molecular weight is 212 g/mol. The number of hydroxylamine groups is 2. The highest BCUT2D eigenvalue weighted by molar-refractivity contribution is 4.73. The van der Waals surface area contributed by atoms with E-state index in [9.17, 15) is 5.21 Å². The number of nitrogens with zero attached hydrogens (tertiary/aromatic N) is 1. The number of hydrogen-bond acceptors (Lipinski definition) is 2. The maximum absolute atomic E-state index is 11.1. The maximum atomic E-state index is 11.1. The molecule has 0 N–H and O–H groups in total. The van der Waals surface area contributed by atoms with Crippen LogP contribution in [0.25, 0.3) is 0 Å². The Bertz CT molecular complexity index is 136. The van der Waals surface area contributed by atoms with Crippen molar-refractivity contribution in [1.29, 1.82) is 0 Å². The smallest absolute Gasteiger partial charge is 0.00393 e. The van der Waals surface area contributed by atoms with Gasteiger partial charge in [0.1, 0.15) is 0 Å². The van der Waals surface area contributed by atoms with Crippen LogP contribution in [-0.4, -0.2) is 18.2 Å². The van der Waals surface area contributed by atoms with Crippen LogP contribution in [-0.2, 0) is 0 Å². The minimum absolute atomic E-state index is 0.469. The van der Waals surface area contributed by atoms with Gasteiger partial charge in [-0.05, 0) is 13.0 Å². The van der Waals surface area contributed by atoms with Crippen molar-refractivity contribution in [2.75, 3.05) is 13.1 Å². The molecule has 0 unspecified atom stereocenters. The van der Waals surface area contributed by atoms with E-state index in [0.717, 1.165) is 11.5 Å². The van der Waals surface area contributed by atoms with Crippen LogP contribution in [0.2, 0.25) is 0 Å². The van der Waals surface area contributed by atoms with Gasteiger partial charge in [0.2, 0.25) is 0 Å². The second-order valence-corrected chi connectivity index (χ2v) is 4.15. The Morgan fingerprint density at radius 1 is 1.00 bits per heavy atom. The molecule has 0 aliphatic rings. The third-order valence-corrected chi connectivity index (χ3v) is 2.59. The summed E-state index contributed by atoms with van der Waals surface area (Å²) < 4.78 is 0. The fraction of sp³-hybridized carbons (Fsp3) is 0.846. The lowest BCUT2D eigenvalue weighted by Crippen LogP contribution is -2.17. The Hall–Kier alpha value is -0.340. The fourth-order valence-corrected chi connectivity index (χ4v) is 1.66. The minimum atomic E-state index is 0.469. The summed E-state index contributed by atoms with van der Waals surface area (Å²) in [6.07, 6.45) is 11.9. The summed E-state index contributed by atoms with van der Waals surface area (Å²) in [6, 6.07) is 0. The van der Waals surface area contributed by atoms with Crippen molar-refractivity contribution in [1.82, 2.24) is 5.06 Å². The molecule has 0 aliphatic heterocycles. The molecule has 2 nitrogen and oxygen atoms in total. The summed E-state index contributed by atoms with van der Waals surface area (Å²) in [5.74, 6) is 0. The topological polar surface area (TPSA) is 26.3 Å². The molecule has 0 aromatic heterocycles. The molecule has 0 bridgehead atoms. The highest BCUT2D eigenvalue weighted by atomic mass is 16.5. The predicted octanol–water partition coefficient (Wildman–Crippen LogP) is 4.11. The maximum Gasteiger partial charge on any atom is 0.00393 e. The zero-order chi connectivity index (χ0) is 11.4. The SMILES string of the molecule is C=CCN([O-])CCCCCCCCCC. The lowest BCUT2D eigenvalue weighted by atomic mass is 10.1. The van der Waals surface area contributed by atoms with Crippen LogP contribution in [0, 0.1) is 5.21 Å². The van der Waals surface area contributed by atoms with E-state index in [1.807, 2.05) is 0 Å². The summed E-state index contributed by atoms with van der Waals surface area (Å²) in [7, 11) is 0. The molecule has 0 radical (unpaired) electrons. The number of unbranched alkanes of at least 4 members (excludes halogenated alkanes) is 7. The van der Waals surface area contributed by atoms with Crippen LogP contribution >= 0.6 is 0 Å². The molecule has 0 aliphatic carbocycles. The number of hydrogen-bond donors (Lipinski definition) is 0. The Labute approximate surface area is 94.9 Å². The van der Waals surface area contributed by atoms with Crippen LogP contribution in [0.1, 0.15) is 58.3 Å². The average Bonchev–Trinajstić information content (AvgIpc) is 2.22. The van der Waals surface area contributed by atoms with Crippen molar-refractivity contribution in [2.45, 2.75) is 58.3 Å². The second kappa shape index (κ2) is 11.7. The molecule has 0 rings (SSSR count). The van der Waals surface area contributed by atoms with Gasteiger partial charge in [-0.15, -0.1) is 6.58 Å². The van der Waals surface area contributed by atoms with Crippen molar-refractivity contribution >= 4 is 0 Å². The molecule has 15 heavy (non-hydrogen) atoms. The summed E-state index contributed by atoms with van der Waals surface area (Å²) in [5, 5.41) is 12.1. The van der Waals surface area contributed by atoms with E-state index in [-0.39, 0.29) is 0 Å². The van der Waals surface area contributed by atoms with Gasteiger partial charge in [0, 0.05) is 6.54 Å². The first kappa shape index (κ1) is 14.7. The quantitative estimate of drug-likeness (QED) is 0.292. The van der Waals surface area contributed by atoms with Crippen LogP contribution in [0.5, 0.6) is 0 Å². The van der Waals surface area contributed by atoms with Crippen LogP contribution in [0.3, 0.4) is 0 Å². The van der Waals surface area contributed by atoms with Gasteiger partial charge < -0.3 is 10.3 Å². The molecule has 0 atom stereocenters. The molecule has 90 valence electrons.